The topological polar surface area (TPSA) is 84.7 Å². The van der Waals surface area contributed by atoms with Crippen LogP contribution in [0.3, 0.4) is 0 Å². The lowest BCUT2D eigenvalue weighted by atomic mass is 9.90. The second-order valence-electron chi connectivity index (χ2n) is 6.60. The number of nitrogens with zero attached hydrogens (tertiary/aromatic N) is 3. The molecule has 138 valence electrons. The lowest BCUT2D eigenvalue weighted by molar-refractivity contribution is -0.162. The molecule has 1 saturated heterocycles. The van der Waals surface area contributed by atoms with E-state index in [0.717, 1.165) is 5.82 Å². The summed E-state index contributed by atoms with van der Waals surface area (Å²) in [5.41, 5.74) is -1.30. The Balaban J connectivity index is 1.69. The molecule has 1 aromatic heterocycles. The molecule has 0 unspecified atom stereocenters. The molecular formula is C19H23N3O4. The Kier molecular flexibility index (Phi) is 4.97. The summed E-state index contributed by atoms with van der Waals surface area (Å²) in [7, 11) is 0. The fourth-order valence-corrected chi connectivity index (χ4v) is 3.34. The molecule has 0 saturated carbocycles. The molecular weight excluding hydrogens is 334 g/mol. The number of piperidine rings is 1. The normalized spacial score (nSPS) is 17.5. The van der Waals surface area contributed by atoms with E-state index in [4.69, 9.17) is 4.74 Å². The summed E-state index contributed by atoms with van der Waals surface area (Å²) in [6.07, 6.45) is 3.94. The van der Waals surface area contributed by atoms with E-state index in [2.05, 4.69) is 4.98 Å². The highest BCUT2D eigenvalue weighted by atomic mass is 16.5. The van der Waals surface area contributed by atoms with Gasteiger partial charge in [-0.3, -0.25) is 4.79 Å². The Bertz CT molecular complexity index is 779. The van der Waals surface area contributed by atoms with E-state index >= 15 is 0 Å². The largest absolute Gasteiger partial charge is 0.478 e. The van der Waals surface area contributed by atoms with Crippen LogP contribution in [0.15, 0.2) is 42.7 Å². The number of carboxylic acid groups (broad SMARTS) is 1. The minimum Gasteiger partial charge on any atom is -0.478 e. The second-order valence-corrected chi connectivity index (χ2v) is 6.60. The van der Waals surface area contributed by atoms with Gasteiger partial charge in [0, 0.05) is 38.3 Å². The first-order valence-corrected chi connectivity index (χ1v) is 8.69. The van der Waals surface area contributed by atoms with Gasteiger partial charge in [-0.15, -0.1) is 0 Å². The van der Waals surface area contributed by atoms with Gasteiger partial charge in [-0.05, 0) is 26.0 Å². The van der Waals surface area contributed by atoms with Crippen LogP contribution in [0.1, 0.15) is 31.6 Å². The van der Waals surface area contributed by atoms with Crippen molar-refractivity contribution in [3.05, 3.63) is 48.5 Å². The number of aliphatic carboxylic acids is 1. The van der Waals surface area contributed by atoms with Crippen LogP contribution in [0.4, 0.5) is 0 Å². The number of imidazole rings is 1. The number of carboxylic acids is 1. The van der Waals surface area contributed by atoms with Crippen molar-refractivity contribution in [2.75, 3.05) is 13.1 Å². The van der Waals surface area contributed by atoms with E-state index in [-0.39, 0.29) is 24.8 Å². The molecule has 1 aliphatic rings. The van der Waals surface area contributed by atoms with E-state index < -0.39 is 11.6 Å². The highest BCUT2D eigenvalue weighted by molar-refractivity contribution is 5.82. The summed E-state index contributed by atoms with van der Waals surface area (Å²) in [6.45, 7) is 4.37. The number of likely N-dealkylation sites (tertiary alicyclic amines) is 1. The lowest BCUT2D eigenvalue weighted by Gasteiger charge is -2.39. The van der Waals surface area contributed by atoms with Crippen molar-refractivity contribution in [2.45, 2.75) is 38.3 Å². The molecule has 26 heavy (non-hydrogen) atoms. The number of benzene rings is 1. The maximum absolute atomic E-state index is 12.8. The molecule has 7 heteroatoms. The Morgan fingerprint density at radius 3 is 2.42 bits per heavy atom. The summed E-state index contributed by atoms with van der Waals surface area (Å²) in [5.74, 6) is 0.268. The zero-order chi connectivity index (χ0) is 18.7. The van der Waals surface area contributed by atoms with E-state index in [1.54, 1.807) is 41.6 Å². The third-order valence-electron chi connectivity index (χ3n) is 4.97. The van der Waals surface area contributed by atoms with Crippen LogP contribution in [0, 0.1) is 6.92 Å². The van der Waals surface area contributed by atoms with Gasteiger partial charge in [0.25, 0.3) is 0 Å². The van der Waals surface area contributed by atoms with Crippen LogP contribution >= 0.6 is 0 Å². The van der Waals surface area contributed by atoms with E-state index in [9.17, 15) is 14.7 Å². The van der Waals surface area contributed by atoms with Crippen molar-refractivity contribution < 1.29 is 19.4 Å². The molecule has 1 atom stereocenters. The molecule has 0 aliphatic carbocycles. The summed E-state index contributed by atoms with van der Waals surface area (Å²) in [4.78, 5) is 30.5. The predicted molar refractivity (Wildman–Crippen MR) is 94.9 cm³/mol. The van der Waals surface area contributed by atoms with E-state index in [0.29, 0.717) is 18.8 Å². The average molecular weight is 357 g/mol. The monoisotopic (exact) mass is 357 g/mol. The number of aryl methyl sites for hydroxylation is 1. The molecule has 7 nitrogen and oxygen atoms in total. The van der Waals surface area contributed by atoms with Gasteiger partial charge in [0.2, 0.25) is 11.5 Å². The van der Waals surface area contributed by atoms with Gasteiger partial charge in [-0.25, -0.2) is 9.78 Å². The summed E-state index contributed by atoms with van der Waals surface area (Å²) < 4.78 is 7.65. The molecule has 2 heterocycles. The summed E-state index contributed by atoms with van der Waals surface area (Å²) >= 11 is 0. The molecule has 1 N–H and O–H groups in total. The van der Waals surface area contributed by atoms with Gasteiger partial charge in [0.05, 0.1) is 0 Å². The highest BCUT2D eigenvalue weighted by Crippen LogP contribution is 2.30. The molecule has 0 bridgehead atoms. The Morgan fingerprint density at radius 1 is 1.23 bits per heavy atom. The number of para-hydroxylation sites is 1. The third kappa shape index (κ3) is 3.42. The molecule has 3 rings (SSSR count). The SMILES string of the molecule is Cc1nccn1[C@@H](C)C(=O)N1CCC(Oc2ccccc2)(C(=O)O)CC1. The zero-order valence-electron chi connectivity index (χ0n) is 15.0. The first-order valence-electron chi connectivity index (χ1n) is 8.69. The predicted octanol–water partition coefficient (Wildman–Crippen LogP) is 2.28. The second kappa shape index (κ2) is 7.19. The van der Waals surface area contributed by atoms with Crippen LogP contribution in [-0.2, 0) is 9.59 Å². The van der Waals surface area contributed by atoms with Gasteiger partial charge in [-0.2, -0.15) is 0 Å². The fraction of sp³-hybridized carbons (Fsp3) is 0.421. The van der Waals surface area contributed by atoms with Gasteiger partial charge < -0.3 is 19.3 Å². The van der Waals surface area contributed by atoms with E-state index in [1.807, 2.05) is 24.5 Å². The van der Waals surface area contributed by atoms with Crippen molar-refractivity contribution in [3.63, 3.8) is 0 Å². The highest BCUT2D eigenvalue weighted by Gasteiger charge is 2.45. The number of hydrogen-bond donors (Lipinski definition) is 1. The first-order chi connectivity index (χ1) is 12.4. The molecule has 0 radical (unpaired) electrons. The van der Waals surface area contributed by atoms with Crippen molar-refractivity contribution in [1.82, 2.24) is 14.5 Å². The lowest BCUT2D eigenvalue weighted by Crippen LogP contribution is -2.55. The smallest absolute Gasteiger partial charge is 0.348 e. The van der Waals surface area contributed by atoms with Crippen LogP contribution in [0.5, 0.6) is 5.75 Å². The van der Waals surface area contributed by atoms with Crippen molar-refractivity contribution in [2.24, 2.45) is 0 Å². The molecule has 0 spiro atoms. The van der Waals surface area contributed by atoms with Crippen molar-refractivity contribution in [1.29, 1.82) is 0 Å². The molecule has 2 aromatic rings. The molecule has 1 aliphatic heterocycles. The number of carbonyl (C=O) groups is 2. The molecule has 1 amide bonds. The van der Waals surface area contributed by atoms with Crippen LogP contribution < -0.4 is 4.74 Å². The zero-order valence-corrected chi connectivity index (χ0v) is 15.0. The Labute approximate surface area is 152 Å². The first kappa shape index (κ1) is 18.0. The Hall–Kier alpha value is -2.83. The molecule has 1 fully saturated rings. The summed E-state index contributed by atoms with van der Waals surface area (Å²) in [5, 5.41) is 9.73. The fourth-order valence-electron chi connectivity index (χ4n) is 3.34. The number of carbonyl (C=O) groups excluding carboxylic acids is 1. The van der Waals surface area contributed by atoms with Gasteiger partial charge in [-0.1, -0.05) is 18.2 Å². The third-order valence-corrected chi connectivity index (χ3v) is 4.97. The number of rotatable bonds is 5. The quantitative estimate of drug-likeness (QED) is 0.887. The standard InChI is InChI=1S/C19H23N3O4/c1-14(22-13-10-20-15(22)2)17(23)21-11-8-19(9-12-21,18(24)25)26-16-6-4-3-5-7-16/h3-7,10,13-14H,8-9,11-12H2,1-2H3,(H,24,25)/t14-/m0/s1. The maximum atomic E-state index is 12.8. The number of aromatic nitrogens is 2. The minimum atomic E-state index is -1.30. The van der Waals surface area contributed by atoms with Gasteiger partial charge in [0.1, 0.15) is 17.6 Å². The Morgan fingerprint density at radius 2 is 1.88 bits per heavy atom. The maximum Gasteiger partial charge on any atom is 0.348 e. The average Bonchev–Trinajstić information content (AvgIpc) is 3.08. The van der Waals surface area contributed by atoms with Crippen molar-refractivity contribution in [3.8, 4) is 5.75 Å². The van der Waals surface area contributed by atoms with Gasteiger partial charge >= 0.3 is 5.97 Å². The van der Waals surface area contributed by atoms with Crippen LogP contribution in [0.25, 0.3) is 0 Å². The van der Waals surface area contributed by atoms with Crippen LogP contribution in [-0.4, -0.2) is 50.1 Å². The number of ether oxygens (including phenoxy) is 1. The van der Waals surface area contributed by atoms with Gasteiger partial charge in [0.15, 0.2) is 0 Å². The number of hydrogen-bond acceptors (Lipinski definition) is 4. The van der Waals surface area contributed by atoms with Crippen LogP contribution in [0.2, 0.25) is 0 Å². The summed E-state index contributed by atoms with van der Waals surface area (Å²) in [6, 6.07) is 8.57. The van der Waals surface area contributed by atoms with E-state index in [1.165, 1.54) is 0 Å². The number of amides is 1. The van der Waals surface area contributed by atoms with Crippen molar-refractivity contribution >= 4 is 11.9 Å². The minimum absolute atomic E-state index is 0.0372. The molecule has 1 aromatic carbocycles.